The molecule has 3 heteroatoms. The third kappa shape index (κ3) is 4.18. The third-order valence-electron chi connectivity index (χ3n) is 5.98. The normalized spacial score (nSPS) is 11.6. The largest absolute Gasteiger partial charge is 0.278 e. The van der Waals surface area contributed by atoms with E-state index in [1.165, 1.54) is 22.4 Å². The summed E-state index contributed by atoms with van der Waals surface area (Å²) in [5.74, 6) is 1.92. The molecule has 0 radical (unpaired) electrons. The Labute approximate surface area is 185 Å². The number of benzene rings is 3. The summed E-state index contributed by atoms with van der Waals surface area (Å²) in [6.07, 6.45) is 3.13. The van der Waals surface area contributed by atoms with Crippen LogP contribution in [0.25, 0.3) is 28.2 Å². The number of aromatic nitrogens is 3. The zero-order valence-electron chi connectivity index (χ0n) is 19.0. The molecule has 158 valence electrons. The predicted octanol–water partition coefficient (Wildman–Crippen LogP) is 7.24. The zero-order chi connectivity index (χ0) is 21.8. The first-order valence-electron chi connectivity index (χ1n) is 11.2. The Hall–Kier alpha value is -3.20. The fourth-order valence-electron chi connectivity index (χ4n) is 4.37. The Morgan fingerprint density at radius 3 is 2.16 bits per heavy atom. The first-order chi connectivity index (χ1) is 15.0. The van der Waals surface area contributed by atoms with E-state index >= 15 is 0 Å². The van der Waals surface area contributed by atoms with Crippen LogP contribution in [0.15, 0.2) is 78.9 Å². The number of para-hydroxylation sites is 1. The van der Waals surface area contributed by atoms with Crippen LogP contribution in [0.3, 0.4) is 0 Å². The fourth-order valence-corrected chi connectivity index (χ4v) is 4.37. The van der Waals surface area contributed by atoms with Crippen LogP contribution in [0.5, 0.6) is 0 Å². The maximum Gasteiger partial charge on any atom is 0.168 e. The summed E-state index contributed by atoms with van der Waals surface area (Å²) in [5.41, 5.74) is 5.88. The molecule has 0 N–H and O–H groups in total. The molecule has 4 aromatic rings. The van der Waals surface area contributed by atoms with E-state index in [1.54, 1.807) is 0 Å². The van der Waals surface area contributed by atoms with Gasteiger partial charge in [0.15, 0.2) is 5.82 Å². The molecule has 3 aromatic carbocycles. The van der Waals surface area contributed by atoms with Crippen molar-refractivity contribution in [1.29, 1.82) is 0 Å². The molecule has 0 spiro atoms. The number of hydrogen-bond acceptors (Lipinski definition) is 2. The molecule has 0 aliphatic rings. The van der Waals surface area contributed by atoms with Crippen LogP contribution in [0, 0.1) is 0 Å². The standard InChI is InChI=1S/C28H31N3/c1-5-19-28(3,4)27-30-29-26(31(27)25-18-11-10-13-21(25)6-2)24-17-12-16-23(20-24)22-14-8-7-9-15-22/h7-18,20H,5-6,19H2,1-4H3. The molecule has 4 rings (SSSR count). The molecule has 31 heavy (non-hydrogen) atoms. The Morgan fingerprint density at radius 1 is 0.742 bits per heavy atom. The lowest BCUT2D eigenvalue weighted by molar-refractivity contribution is 0.437. The van der Waals surface area contributed by atoms with E-state index in [0.717, 1.165) is 36.5 Å². The Kier molecular flexibility index (Phi) is 6.03. The lowest BCUT2D eigenvalue weighted by atomic mass is 9.87. The van der Waals surface area contributed by atoms with Gasteiger partial charge in [-0.1, -0.05) is 101 Å². The van der Waals surface area contributed by atoms with Crippen LogP contribution in [0.1, 0.15) is 51.9 Å². The molecule has 0 saturated heterocycles. The molecule has 1 heterocycles. The van der Waals surface area contributed by atoms with E-state index in [0.29, 0.717) is 0 Å². The SMILES string of the molecule is CCCC(C)(C)c1nnc(-c2cccc(-c3ccccc3)c2)n1-c1ccccc1CC. The maximum atomic E-state index is 4.75. The van der Waals surface area contributed by atoms with Gasteiger partial charge < -0.3 is 0 Å². The summed E-state index contributed by atoms with van der Waals surface area (Å²) >= 11 is 0. The van der Waals surface area contributed by atoms with Gasteiger partial charge in [-0.15, -0.1) is 10.2 Å². The second kappa shape index (κ2) is 8.89. The molecule has 0 aliphatic heterocycles. The third-order valence-corrected chi connectivity index (χ3v) is 5.98. The predicted molar refractivity (Wildman–Crippen MR) is 130 cm³/mol. The lowest BCUT2D eigenvalue weighted by Crippen LogP contribution is -2.23. The summed E-state index contributed by atoms with van der Waals surface area (Å²) in [6, 6.07) is 27.7. The molecule has 0 amide bonds. The van der Waals surface area contributed by atoms with E-state index in [2.05, 4.69) is 105 Å². The molecular formula is C28H31N3. The first-order valence-corrected chi connectivity index (χ1v) is 11.2. The van der Waals surface area contributed by atoms with Gasteiger partial charge in [0, 0.05) is 11.0 Å². The minimum absolute atomic E-state index is 0.0715. The molecule has 0 saturated carbocycles. The van der Waals surface area contributed by atoms with Crippen molar-refractivity contribution in [2.75, 3.05) is 0 Å². The molecule has 1 aromatic heterocycles. The smallest absolute Gasteiger partial charge is 0.168 e. The van der Waals surface area contributed by atoms with Crippen LogP contribution < -0.4 is 0 Å². The van der Waals surface area contributed by atoms with Crippen LogP contribution >= 0.6 is 0 Å². The van der Waals surface area contributed by atoms with Gasteiger partial charge in [0.2, 0.25) is 0 Å². The first kappa shape index (κ1) is 21.0. The monoisotopic (exact) mass is 409 g/mol. The minimum Gasteiger partial charge on any atom is -0.278 e. The summed E-state index contributed by atoms with van der Waals surface area (Å²) in [7, 11) is 0. The molecule has 0 aliphatic carbocycles. The van der Waals surface area contributed by atoms with Crippen molar-refractivity contribution >= 4 is 0 Å². The van der Waals surface area contributed by atoms with E-state index in [4.69, 9.17) is 10.2 Å². The lowest BCUT2D eigenvalue weighted by Gasteiger charge is -2.25. The molecule has 0 bridgehead atoms. The highest BCUT2D eigenvalue weighted by Crippen LogP contribution is 2.34. The maximum absolute atomic E-state index is 4.75. The summed E-state index contributed by atoms with van der Waals surface area (Å²) in [4.78, 5) is 0. The van der Waals surface area contributed by atoms with Gasteiger partial charge in [-0.2, -0.15) is 0 Å². The number of rotatable bonds is 7. The van der Waals surface area contributed by atoms with Crippen molar-refractivity contribution in [2.45, 2.75) is 52.4 Å². The molecule has 3 nitrogen and oxygen atoms in total. The second-order valence-electron chi connectivity index (χ2n) is 8.75. The van der Waals surface area contributed by atoms with Gasteiger partial charge >= 0.3 is 0 Å². The van der Waals surface area contributed by atoms with Gasteiger partial charge in [-0.3, -0.25) is 4.57 Å². The van der Waals surface area contributed by atoms with E-state index in [1.807, 2.05) is 6.07 Å². The average Bonchev–Trinajstić information content (AvgIpc) is 3.26. The number of hydrogen-bond donors (Lipinski definition) is 0. The number of aryl methyl sites for hydroxylation is 1. The molecule has 0 unspecified atom stereocenters. The van der Waals surface area contributed by atoms with Crippen LogP contribution in [-0.2, 0) is 11.8 Å². The highest BCUT2D eigenvalue weighted by atomic mass is 15.3. The number of nitrogens with zero attached hydrogens (tertiary/aromatic N) is 3. The molecule has 0 fully saturated rings. The van der Waals surface area contributed by atoms with Crippen molar-refractivity contribution in [3.8, 4) is 28.2 Å². The van der Waals surface area contributed by atoms with Crippen LogP contribution in [0.2, 0.25) is 0 Å². The Bertz CT molecular complexity index is 1160. The van der Waals surface area contributed by atoms with E-state index < -0.39 is 0 Å². The van der Waals surface area contributed by atoms with Gasteiger partial charge in [-0.25, -0.2) is 0 Å². The molecule has 0 atom stereocenters. The van der Waals surface area contributed by atoms with Crippen molar-refractivity contribution in [3.05, 3.63) is 90.3 Å². The van der Waals surface area contributed by atoms with Crippen molar-refractivity contribution in [3.63, 3.8) is 0 Å². The van der Waals surface area contributed by atoms with Crippen LogP contribution in [0.4, 0.5) is 0 Å². The molecular weight excluding hydrogens is 378 g/mol. The van der Waals surface area contributed by atoms with E-state index in [9.17, 15) is 0 Å². The van der Waals surface area contributed by atoms with Crippen molar-refractivity contribution in [1.82, 2.24) is 14.8 Å². The Morgan fingerprint density at radius 2 is 1.42 bits per heavy atom. The Balaban J connectivity index is 1.93. The van der Waals surface area contributed by atoms with Gasteiger partial charge in [-0.05, 0) is 41.7 Å². The summed E-state index contributed by atoms with van der Waals surface area (Å²) in [5, 5.41) is 9.48. The van der Waals surface area contributed by atoms with Crippen molar-refractivity contribution < 1.29 is 0 Å². The van der Waals surface area contributed by atoms with Crippen molar-refractivity contribution in [2.24, 2.45) is 0 Å². The zero-order valence-corrected chi connectivity index (χ0v) is 19.0. The summed E-state index contributed by atoms with van der Waals surface area (Å²) < 4.78 is 2.29. The fraction of sp³-hybridized carbons (Fsp3) is 0.286. The van der Waals surface area contributed by atoms with Gasteiger partial charge in [0.05, 0.1) is 5.69 Å². The van der Waals surface area contributed by atoms with Gasteiger partial charge in [0.1, 0.15) is 5.82 Å². The quantitative estimate of drug-likeness (QED) is 0.322. The van der Waals surface area contributed by atoms with Crippen LogP contribution in [-0.4, -0.2) is 14.8 Å². The second-order valence-corrected chi connectivity index (χ2v) is 8.75. The minimum atomic E-state index is -0.0715. The summed E-state index contributed by atoms with van der Waals surface area (Å²) in [6.45, 7) is 8.98. The average molecular weight is 410 g/mol. The highest BCUT2D eigenvalue weighted by Gasteiger charge is 2.29. The van der Waals surface area contributed by atoms with E-state index in [-0.39, 0.29) is 5.41 Å². The highest BCUT2D eigenvalue weighted by molar-refractivity contribution is 5.71. The van der Waals surface area contributed by atoms with Gasteiger partial charge in [0.25, 0.3) is 0 Å². The topological polar surface area (TPSA) is 30.7 Å².